The fourth-order valence-electron chi connectivity index (χ4n) is 5.71. The van der Waals surface area contributed by atoms with Crippen molar-refractivity contribution in [3.05, 3.63) is 36.1 Å². The van der Waals surface area contributed by atoms with Crippen LogP contribution in [-0.4, -0.2) is 31.8 Å². The smallest absolute Gasteiger partial charge is 0.191 e. The molecule has 5 rings (SSSR count). The van der Waals surface area contributed by atoms with Gasteiger partial charge in [0.25, 0.3) is 0 Å². The third-order valence-corrected chi connectivity index (χ3v) is 7.03. The molecule has 5 nitrogen and oxygen atoms in total. The molecule has 1 aromatic carbocycles. The van der Waals surface area contributed by atoms with Crippen LogP contribution in [-0.2, 0) is 4.74 Å². The van der Waals surface area contributed by atoms with E-state index in [1.54, 1.807) is 0 Å². The van der Waals surface area contributed by atoms with Gasteiger partial charge in [-0.05, 0) is 38.3 Å². The second-order valence-electron chi connectivity index (χ2n) is 8.43. The van der Waals surface area contributed by atoms with Crippen molar-refractivity contribution in [1.29, 1.82) is 0 Å². The molecule has 3 fully saturated rings. The largest absolute Gasteiger partial charge is 0.459 e. The van der Waals surface area contributed by atoms with Crippen LogP contribution in [0.2, 0.25) is 0 Å². The molecule has 2 aromatic rings. The average Bonchev–Trinajstić information content (AvgIpc) is 3.42. The summed E-state index contributed by atoms with van der Waals surface area (Å²) in [6.07, 6.45) is 6.84. The molecule has 2 aliphatic carbocycles. The van der Waals surface area contributed by atoms with Crippen LogP contribution in [0.15, 0.2) is 39.7 Å². The quantitative estimate of drug-likeness (QED) is 0.371. The maximum atomic E-state index is 6.10. The van der Waals surface area contributed by atoms with Crippen molar-refractivity contribution >= 4 is 40.9 Å². The van der Waals surface area contributed by atoms with Crippen LogP contribution < -0.4 is 10.6 Å². The summed E-state index contributed by atoms with van der Waals surface area (Å²) in [5, 5.41) is 8.43. The van der Waals surface area contributed by atoms with E-state index in [9.17, 15) is 0 Å². The van der Waals surface area contributed by atoms with Gasteiger partial charge in [-0.1, -0.05) is 31.0 Å². The van der Waals surface area contributed by atoms with Gasteiger partial charge in [0.15, 0.2) is 5.96 Å². The number of halogens is 1. The molecule has 4 unspecified atom stereocenters. The summed E-state index contributed by atoms with van der Waals surface area (Å²) in [5.41, 5.74) is 1.25. The van der Waals surface area contributed by atoms with Gasteiger partial charge in [-0.3, -0.25) is 4.99 Å². The van der Waals surface area contributed by atoms with Crippen LogP contribution in [0.5, 0.6) is 0 Å². The van der Waals surface area contributed by atoms with E-state index in [1.165, 1.54) is 32.1 Å². The molecule has 3 aliphatic rings. The lowest BCUT2D eigenvalue weighted by Gasteiger charge is -2.57. The zero-order valence-electron chi connectivity index (χ0n) is 16.6. The third-order valence-electron chi connectivity index (χ3n) is 7.03. The molecule has 1 aromatic heterocycles. The zero-order valence-corrected chi connectivity index (χ0v) is 18.9. The number of para-hydroxylation sites is 1. The normalized spacial score (nSPS) is 29.2. The highest BCUT2D eigenvalue weighted by molar-refractivity contribution is 14.0. The number of nitrogens with one attached hydrogen (secondary N) is 2. The molecule has 2 heterocycles. The number of fused-ring (bicyclic) bond motifs is 3. The number of aliphatic imine (C=N–C) groups is 1. The molecule has 28 heavy (non-hydrogen) atoms. The second-order valence-corrected chi connectivity index (χ2v) is 8.43. The van der Waals surface area contributed by atoms with E-state index in [4.69, 9.17) is 9.15 Å². The Labute approximate surface area is 183 Å². The van der Waals surface area contributed by atoms with E-state index in [0.29, 0.717) is 23.5 Å². The van der Waals surface area contributed by atoms with Crippen LogP contribution in [0.25, 0.3) is 11.0 Å². The van der Waals surface area contributed by atoms with Crippen molar-refractivity contribution in [2.75, 3.05) is 13.7 Å². The fraction of sp³-hybridized carbons (Fsp3) is 0.591. The van der Waals surface area contributed by atoms with Crippen molar-refractivity contribution in [2.45, 2.75) is 57.2 Å². The number of benzene rings is 1. The van der Waals surface area contributed by atoms with E-state index in [2.05, 4.69) is 34.7 Å². The molecule has 4 atom stereocenters. The Bertz CT molecular complexity index is 825. The maximum Gasteiger partial charge on any atom is 0.191 e. The van der Waals surface area contributed by atoms with Gasteiger partial charge in [0.1, 0.15) is 11.3 Å². The summed E-state index contributed by atoms with van der Waals surface area (Å²) in [5.74, 6) is 2.43. The van der Waals surface area contributed by atoms with Crippen LogP contribution in [0.4, 0.5) is 0 Å². The van der Waals surface area contributed by atoms with Crippen molar-refractivity contribution in [3.8, 4) is 0 Å². The fourth-order valence-corrected chi connectivity index (χ4v) is 5.71. The van der Waals surface area contributed by atoms with Gasteiger partial charge in [0.2, 0.25) is 0 Å². The first kappa shape index (κ1) is 20.0. The van der Waals surface area contributed by atoms with E-state index >= 15 is 0 Å². The minimum Gasteiger partial charge on any atom is -0.459 e. The number of guanidine groups is 1. The summed E-state index contributed by atoms with van der Waals surface area (Å²) in [6, 6.07) is 10.8. The molecule has 0 bridgehead atoms. The van der Waals surface area contributed by atoms with E-state index in [0.717, 1.165) is 29.3 Å². The van der Waals surface area contributed by atoms with Gasteiger partial charge in [0, 0.05) is 36.4 Å². The first-order valence-electron chi connectivity index (χ1n) is 10.3. The molecule has 1 saturated heterocycles. The molecular formula is C22H30IN3O2. The average molecular weight is 495 g/mol. The van der Waals surface area contributed by atoms with Crippen molar-refractivity contribution in [3.63, 3.8) is 0 Å². The van der Waals surface area contributed by atoms with Crippen LogP contribution in [0.3, 0.4) is 0 Å². The monoisotopic (exact) mass is 495 g/mol. The Morgan fingerprint density at radius 1 is 1.25 bits per heavy atom. The SMILES string of the molecule is CN=C(NC(C)c1cc2ccccc2o1)NC1C2CCOC2C12CCCC2.I. The lowest BCUT2D eigenvalue weighted by molar-refractivity contribution is -0.125. The molecule has 152 valence electrons. The number of hydrogen-bond acceptors (Lipinski definition) is 3. The predicted molar refractivity (Wildman–Crippen MR) is 122 cm³/mol. The number of nitrogens with zero attached hydrogens (tertiary/aromatic N) is 1. The molecule has 1 spiro atoms. The van der Waals surface area contributed by atoms with E-state index in [-0.39, 0.29) is 30.0 Å². The Balaban J connectivity index is 0.00000192. The number of furan rings is 1. The second kappa shape index (κ2) is 7.86. The molecule has 0 amide bonds. The van der Waals surface area contributed by atoms with Crippen LogP contribution in [0.1, 0.15) is 50.8 Å². The van der Waals surface area contributed by atoms with E-state index in [1.807, 2.05) is 25.2 Å². The molecule has 2 N–H and O–H groups in total. The summed E-state index contributed by atoms with van der Waals surface area (Å²) in [7, 11) is 1.85. The summed E-state index contributed by atoms with van der Waals surface area (Å²) >= 11 is 0. The number of ether oxygens (including phenoxy) is 1. The molecular weight excluding hydrogens is 465 g/mol. The van der Waals surface area contributed by atoms with Gasteiger partial charge in [0.05, 0.1) is 12.1 Å². The highest BCUT2D eigenvalue weighted by atomic mass is 127. The van der Waals surface area contributed by atoms with Gasteiger partial charge in [-0.15, -0.1) is 24.0 Å². The lowest BCUT2D eigenvalue weighted by Crippen LogP contribution is -2.69. The first-order valence-corrected chi connectivity index (χ1v) is 10.3. The van der Waals surface area contributed by atoms with Gasteiger partial charge >= 0.3 is 0 Å². The maximum absolute atomic E-state index is 6.10. The highest BCUT2D eigenvalue weighted by Crippen LogP contribution is 2.60. The van der Waals surface area contributed by atoms with Gasteiger partial charge < -0.3 is 19.8 Å². The Hall–Kier alpha value is -1.28. The van der Waals surface area contributed by atoms with E-state index < -0.39 is 0 Å². The Morgan fingerprint density at radius 3 is 2.79 bits per heavy atom. The molecule has 6 heteroatoms. The number of rotatable bonds is 3. The Kier molecular flexibility index (Phi) is 5.62. The lowest BCUT2D eigenvalue weighted by atomic mass is 9.54. The standard InChI is InChI=1S/C22H29N3O2.HI/c1-14(18-13-15-7-3-4-8-17(15)27-18)24-21(23-2)25-19-16-9-12-26-20(16)22(19)10-5-6-11-22;/h3-4,7-8,13-14,16,19-20H,5-6,9-12H2,1-2H3,(H2,23,24,25);1H. The van der Waals surface area contributed by atoms with Crippen molar-refractivity contribution in [1.82, 2.24) is 10.6 Å². The molecule has 1 aliphatic heterocycles. The highest BCUT2D eigenvalue weighted by Gasteiger charge is 2.65. The third kappa shape index (κ3) is 3.12. The zero-order chi connectivity index (χ0) is 18.4. The minimum atomic E-state index is 0. The van der Waals surface area contributed by atoms with Gasteiger partial charge in [-0.25, -0.2) is 0 Å². The molecule has 2 saturated carbocycles. The van der Waals surface area contributed by atoms with Crippen LogP contribution in [0, 0.1) is 11.3 Å². The topological polar surface area (TPSA) is 58.8 Å². The summed E-state index contributed by atoms with van der Waals surface area (Å²) in [6.45, 7) is 3.04. The van der Waals surface area contributed by atoms with Gasteiger partial charge in [-0.2, -0.15) is 0 Å². The number of hydrogen-bond donors (Lipinski definition) is 2. The Morgan fingerprint density at radius 2 is 2.04 bits per heavy atom. The summed E-state index contributed by atoms with van der Waals surface area (Å²) in [4.78, 5) is 4.51. The first-order chi connectivity index (χ1) is 13.2. The van der Waals surface area contributed by atoms with Crippen molar-refractivity contribution < 1.29 is 9.15 Å². The summed E-state index contributed by atoms with van der Waals surface area (Å²) < 4.78 is 12.1. The molecule has 0 radical (unpaired) electrons. The van der Waals surface area contributed by atoms with Crippen LogP contribution >= 0.6 is 24.0 Å². The van der Waals surface area contributed by atoms with Crippen molar-refractivity contribution in [2.24, 2.45) is 16.3 Å². The minimum absolute atomic E-state index is 0. The predicted octanol–water partition coefficient (Wildman–Crippen LogP) is 4.62.